The zero-order valence-corrected chi connectivity index (χ0v) is 18.7. The molecule has 0 fully saturated rings. The summed E-state index contributed by atoms with van der Waals surface area (Å²) in [6.07, 6.45) is 11.6. The monoisotopic (exact) mass is 443 g/mol. The molecule has 0 radical (unpaired) electrons. The summed E-state index contributed by atoms with van der Waals surface area (Å²) in [6, 6.07) is 7.29. The molecule has 2 rings (SSSR count). The van der Waals surface area contributed by atoms with Gasteiger partial charge in [0.1, 0.15) is 5.75 Å². The largest absolute Gasteiger partial charge is 0.494 e. The molecule has 10 nitrogen and oxygen atoms in total. The van der Waals surface area contributed by atoms with Crippen molar-refractivity contribution in [1.29, 1.82) is 5.41 Å². The standard InChI is InChI=1S/C22H37N9O/c23-20(24)28-12-5-3-1-2-4-6-13-30-15-16-31(22(30)27)14-7-17-32-19-10-8-18(9-11-19)29-21(25)26/h8-11,15-16,27H,1-7,12-14,17H2,(H4,23,24,28)(H4,25,26,29). The number of nitrogens with one attached hydrogen (secondary N) is 1. The van der Waals surface area contributed by atoms with Crippen molar-refractivity contribution in [2.75, 3.05) is 13.2 Å². The van der Waals surface area contributed by atoms with Gasteiger partial charge in [0.25, 0.3) is 0 Å². The molecule has 0 bridgehead atoms. The SMILES string of the molecule is N=c1n(CCCCCCCCN=C(N)N)ccn1CCCOc1ccc(N=C(N)N)cc1. The number of hydrogen-bond donors (Lipinski definition) is 5. The van der Waals surface area contributed by atoms with Crippen molar-refractivity contribution < 1.29 is 4.74 Å². The fourth-order valence-corrected chi connectivity index (χ4v) is 3.33. The van der Waals surface area contributed by atoms with Crippen molar-refractivity contribution in [2.24, 2.45) is 32.9 Å². The minimum atomic E-state index is 0.0322. The van der Waals surface area contributed by atoms with E-state index >= 15 is 0 Å². The van der Waals surface area contributed by atoms with Gasteiger partial charge in [0, 0.05) is 32.0 Å². The maximum atomic E-state index is 8.35. The van der Waals surface area contributed by atoms with Crippen LogP contribution in [-0.2, 0) is 13.1 Å². The molecule has 0 aliphatic rings. The number of guanidine groups is 2. The van der Waals surface area contributed by atoms with Crippen LogP contribution in [0.2, 0.25) is 0 Å². The summed E-state index contributed by atoms with van der Waals surface area (Å²) in [7, 11) is 0. The molecule has 0 saturated heterocycles. The number of unbranched alkanes of at least 4 members (excludes halogenated alkanes) is 5. The summed E-state index contributed by atoms with van der Waals surface area (Å²) >= 11 is 0. The number of aromatic nitrogens is 2. The van der Waals surface area contributed by atoms with Gasteiger partial charge in [-0.05, 0) is 43.5 Å². The lowest BCUT2D eigenvalue weighted by atomic mass is 10.1. The van der Waals surface area contributed by atoms with Crippen LogP contribution in [0.1, 0.15) is 44.9 Å². The second-order valence-electron chi connectivity index (χ2n) is 7.67. The molecule has 32 heavy (non-hydrogen) atoms. The Bertz CT molecular complexity index is 904. The van der Waals surface area contributed by atoms with Crippen LogP contribution in [0.5, 0.6) is 5.75 Å². The average Bonchev–Trinajstić information content (AvgIpc) is 3.10. The van der Waals surface area contributed by atoms with Crippen LogP contribution in [0, 0.1) is 5.41 Å². The van der Waals surface area contributed by atoms with Gasteiger partial charge in [-0.25, -0.2) is 4.99 Å². The van der Waals surface area contributed by atoms with Gasteiger partial charge in [-0.2, -0.15) is 0 Å². The molecule has 0 amide bonds. The Morgan fingerprint density at radius 3 is 2.00 bits per heavy atom. The highest BCUT2D eigenvalue weighted by Gasteiger charge is 2.01. The van der Waals surface area contributed by atoms with Crippen LogP contribution in [0.25, 0.3) is 0 Å². The first-order valence-corrected chi connectivity index (χ1v) is 11.1. The summed E-state index contributed by atoms with van der Waals surface area (Å²) in [5, 5.41) is 8.35. The van der Waals surface area contributed by atoms with Gasteiger partial charge in [0.05, 0.1) is 12.3 Å². The Balaban J connectivity index is 1.60. The van der Waals surface area contributed by atoms with E-state index in [2.05, 4.69) is 9.98 Å². The Morgan fingerprint density at radius 1 is 0.781 bits per heavy atom. The second-order valence-corrected chi connectivity index (χ2v) is 7.67. The van der Waals surface area contributed by atoms with E-state index in [1.165, 1.54) is 12.8 Å². The molecule has 1 heterocycles. The van der Waals surface area contributed by atoms with E-state index in [1.54, 1.807) is 12.1 Å². The van der Waals surface area contributed by atoms with E-state index in [9.17, 15) is 0 Å². The lowest BCUT2D eigenvalue weighted by Gasteiger charge is -2.07. The molecular weight excluding hydrogens is 406 g/mol. The van der Waals surface area contributed by atoms with Crippen LogP contribution in [-0.4, -0.2) is 34.2 Å². The number of nitrogens with two attached hydrogens (primary N) is 4. The van der Waals surface area contributed by atoms with Gasteiger partial charge in [-0.1, -0.05) is 25.7 Å². The number of ether oxygens (including phenoxy) is 1. The molecule has 0 atom stereocenters. The Kier molecular flexibility index (Phi) is 10.7. The van der Waals surface area contributed by atoms with E-state index in [0.29, 0.717) is 24.5 Å². The number of aliphatic imine (C=N–C) groups is 2. The number of benzene rings is 1. The molecule has 0 unspecified atom stereocenters. The van der Waals surface area contributed by atoms with E-state index in [0.717, 1.165) is 50.9 Å². The Hall–Kier alpha value is -3.43. The zero-order valence-electron chi connectivity index (χ0n) is 18.7. The van der Waals surface area contributed by atoms with Crippen molar-refractivity contribution >= 4 is 17.6 Å². The van der Waals surface area contributed by atoms with E-state index < -0.39 is 0 Å². The normalized spacial score (nSPS) is 10.6. The minimum absolute atomic E-state index is 0.0322. The molecule has 10 heteroatoms. The Morgan fingerprint density at radius 2 is 1.38 bits per heavy atom. The molecule has 0 saturated carbocycles. The van der Waals surface area contributed by atoms with Crippen LogP contribution in [0.4, 0.5) is 5.69 Å². The number of nitrogens with zero attached hydrogens (tertiary/aromatic N) is 4. The maximum Gasteiger partial charge on any atom is 0.202 e. The van der Waals surface area contributed by atoms with Crippen molar-refractivity contribution in [1.82, 2.24) is 9.13 Å². The van der Waals surface area contributed by atoms with Gasteiger partial charge < -0.3 is 36.8 Å². The highest BCUT2D eigenvalue weighted by Crippen LogP contribution is 2.18. The Labute approximate surface area is 189 Å². The smallest absolute Gasteiger partial charge is 0.202 e. The highest BCUT2D eigenvalue weighted by atomic mass is 16.5. The number of hydrogen-bond acceptors (Lipinski definition) is 4. The first-order chi connectivity index (χ1) is 15.5. The average molecular weight is 444 g/mol. The molecule has 9 N–H and O–H groups in total. The van der Waals surface area contributed by atoms with Gasteiger partial charge in [-0.3, -0.25) is 10.4 Å². The van der Waals surface area contributed by atoms with E-state index in [-0.39, 0.29) is 11.9 Å². The third kappa shape index (κ3) is 9.59. The summed E-state index contributed by atoms with van der Waals surface area (Å²) in [4.78, 5) is 7.97. The predicted octanol–water partition coefficient (Wildman–Crippen LogP) is 1.76. The van der Waals surface area contributed by atoms with Crippen molar-refractivity contribution in [3.63, 3.8) is 0 Å². The predicted molar refractivity (Wildman–Crippen MR) is 129 cm³/mol. The molecular formula is C22H37N9O. The molecule has 1 aromatic carbocycles. The number of imidazole rings is 1. The summed E-state index contributed by atoms with van der Waals surface area (Å²) in [5.41, 5.74) is 22.6. The first kappa shape index (κ1) is 24.8. The summed E-state index contributed by atoms with van der Waals surface area (Å²) < 4.78 is 9.72. The molecule has 1 aromatic heterocycles. The molecule has 176 valence electrons. The molecule has 2 aromatic rings. The minimum Gasteiger partial charge on any atom is -0.494 e. The topological polar surface area (TPSA) is 172 Å². The fourth-order valence-electron chi connectivity index (χ4n) is 3.33. The van der Waals surface area contributed by atoms with Gasteiger partial charge in [0.2, 0.25) is 5.62 Å². The van der Waals surface area contributed by atoms with E-state index in [1.807, 2.05) is 33.7 Å². The lowest BCUT2D eigenvalue weighted by molar-refractivity contribution is 0.300. The molecule has 0 spiro atoms. The lowest BCUT2D eigenvalue weighted by Crippen LogP contribution is -2.25. The van der Waals surface area contributed by atoms with Crippen LogP contribution < -0.4 is 33.3 Å². The van der Waals surface area contributed by atoms with Crippen LogP contribution in [0.15, 0.2) is 46.6 Å². The van der Waals surface area contributed by atoms with E-state index in [4.69, 9.17) is 33.1 Å². The van der Waals surface area contributed by atoms with Crippen LogP contribution >= 0.6 is 0 Å². The quantitative estimate of drug-likeness (QED) is 0.160. The fraction of sp³-hybridized carbons (Fsp3) is 0.500. The van der Waals surface area contributed by atoms with Gasteiger partial charge in [0.15, 0.2) is 11.9 Å². The second kappa shape index (κ2) is 13.8. The summed E-state index contributed by atoms with van der Waals surface area (Å²) in [5.74, 6) is 0.970. The highest BCUT2D eigenvalue weighted by molar-refractivity contribution is 5.79. The molecule has 0 aliphatic carbocycles. The van der Waals surface area contributed by atoms with Crippen molar-refractivity contribution in [3.05, 3.63) is 42.3 Å². The third-order valence-electron chi connectivity index (χ3n) is 4.98. The zero-order chi connectivity index (χ0) is 23.2. The number of aryl methyl sites for hydroxylation is 2. The maximum absolute atomic E-state index is 8.35. The van der Waals surface area contributed by atoms with Gasteiger partial charge >= 0.3 is 0 Å². The third-order valence-corrected chi connectivity index (χ3v) is 4.98. The van der Waals surface area contributed by atoms with Crippen molar-refractivity contribution in [3.8, 4) is 5.75 Å². The first-order valence-electron chi connectivity index (χ1n) is 11.1. The van der Waals surface area contributed by atoms with Crippen LogP contribution in [0.3, 0.4) is 0 Å². The number of rotatable bonds is 15. The summed E-state index contributed by atoms with van der Waals surface area (Å²) in [6.45, 7) is 2.90. The van der Waals surface area contributed by atoms with Crippen molar-refractivity contribution in [2.45, 2.75) is 58.0 Å². The van der Waals surface area contributed by atoms with Gasteiger partial charge in [-0.15, -0.1) is 0 Å². The molecule has 0 aliphatic heterocycles.